The minimum absolute atomic E-state index is 0.351. The molecule has 232 valence electrons. The Kier molecular flexibility index (Phi) is 13.0. The Hall–Kier alpha value is -6.30. The third kappa shape index (κ3) is 10.2. The number of aromatic nitrogens is 4. The van der Waals surface area contributed by atoms with Crippen molar-refractivity contribution in [3.8, 4) is 23.9 Å². The predicted octanol–water partition coefficient (Wildman–Crippen LogP) is 7.08. The number of benzene rings is 2. The second kappa shape index (κ2) is 18.4. The molecule has 6 aromatic rings. The van der Waals surface area contributed by atoms with Crippen LogP contribution in [0, 0.1) is 22.9 Å². The average Bonchev–Trinajstić information content (AvgIpc) is 3.80. The molecule has 11 heteroatoms. The first-order chi connectivity index (χ1) is 23.1. The topological polar surface area (TPSA) is 174 Å². The van der Waals surface area contributed by atoms with Gasteiger partial charge in [-0.25, -0.2) is 9.97 Å². The zero-order chi connectivity index (χ0) is 33.7. The summed E-state index contributed by atoms with van der Waals surface area (Å²) in [5.41, 5.74) is 9.59. The molecule has 0 fully saturated rings. The van der Waals surface area contributed by atoms with Crippen LogP contribution in [0.25, 0.3) is 22.1 Å². The fraction of sp³-hybridized carbons (Fsp3) is 0.143. The Bertz CT molecular complexity index is 1940. The number of H-pyrrole nitrogens is 2. The van der Waals surface area contributed by atoms with Gasteiger partial charge < -0.3 is 25.2 Å². The summed E-state index contributed by atoms with van der Waals surface area (Å²) in [6.45, 7) is 2.20. The van der Waals surface area contributed by atoms with Gasteiger partial charge >= 0.3 is 0 Å². The van der Waals surface area contributed by atoms with Crippen LogP contribution in [0.1, 0.15) is 33.2 Å². The van der Waals surface area contributed by atoms with E-state index in [1.807, 2.05) is 85.2 Å². The number of aryl methyl sites for hydroxylation is 1. The Balaban J connectivity index is 0.000000203. The lowest BCUT2D eigenvalue weighted by molar-refractivity contribution is 0.532. The molecule has 6 rings (SSSR count). The van der Waals surface area contributed by atoms with Gasteiger partial charge in [0.2, 0.25) is 24.2 Å². The quantitative estimate of drug-likeness (QED) is 0.102. The summed E-state index contributed by atoms with van der Waals surface area (Å²) in [4.78, 5) is 21.7. The number of fused-ring (bicyclic) bond motifs is 2. The van der Waals surface area contributed by atoms with E-state index in [1.54, 1.807) is 43.8 Å². The van der Waals surface area contributed by atoms with Crippen molar-refractivity contribution < 1.29 is 10.8 Å². The van der Waals surface area contributed by atoms with Gasteiger partial charge in [0.1, 0.15) is 22.8 Å². The molecule has 0 bridgehead atoms. The highest BCUT2D eigenvalue weighted by Gasteiger charge is 2.08. The van der Waals surface area contributed by atoms with Crippen molar-refractivity contribution in [1.82, 2.24) is 19.9 Å². The smallest absolute Gasteiger partial charge is 0.208 e. The summed E-state index contributed by atoms with van der Waals surface area (Å²) in [5, 5.41) is 19.2. The molecule has 0 saturated carbocycles. The molecule has 0 radical (unpaired) electrons. The Morgan fingerprint density at radius 1 is 0.783 bits per heavy atom. The van der Waals surface area contributed by atoms with Crippen LogP contribution in [0.4, 0.5) is 0 Å². The SMILES string of the molecule is CC(=NC#N)Oc1ccccc1.N#CN=C(CCc1ccnc2[nH]ccc12)Oc1ccccc1.NCc1ccnc2[nH]ccc12.[2H]C. The van der Waals surface area contributed by atoms with E-state index in [0.717, 1.165) is 39.6 Å². The molecule has 2 aromatic carbocycles. The number of pyridine rings is 2. The molecule has 0 spiro atoms. The van der Waals surface area contributed by atoms with E-state index in [4.69, 9.17) is 27.1 Å². The number of ether oxygens (including phenoxy) is 2. The molecule has 46 heavy (non-hydrogen) atoms. The van der Waals surface area contributed by atoms with E-state index in [-0.39, 0.29) is 0 Å². The van der Waals surface area contributed by atoms with Crippen LogP contribution in [0.15, 0.2) is 120 Å². The normalized spacial score (nSPS) is 10.8. The summed E-state index contributed by atoms with van der Waals surface area (Å²) < 4.78 is 16.6. The van der Waals surface area contributed by atoms with Gasteiger partial charge in [0.25, 0.3) is 0 Å². The highest BCUT2D eigenvalue weighted by atomic mass is 16.5. The third-order valence-electron chi connectivity index (χ3n) is 6.30. The maximum Gasteiger partial charge on any atom is 0.208 e. The number of aromatic amines is 2. The molecule has 4 aromatic heterocycles. The van der Waals surface area contributed by atoms with E-state index in [2.05, 4.69) is 29.9 Å². The van der Waals surface area contributed by atoms with Crippen LogP contribution in [0.2, 0.25) is 0 Å². The molecule has 0 aliphatic rings. The lowest BCUT2D eigenvalue weighted by Crippen LogP contribution is -2.09. The molecule has 0 atom stereocenters. The summed E-state index contributed by atoms with van der Waals surface area (Å²) >= 11 is 0. The standard InChI is InChI=1S/C17H14N4O.C9H8N2O.C8H9N3.CH4/c18-12-21-16(22-14-4-2-1-3-5-14)7-6-13-8-10-19-17-15(13)9-11-20-17;1-8(11-7-10)12-9-5-3-2-4-6-9;9-5-6-1-3-10-8-7(6)2-4-11-8;/h1-5,8-11H,6-7H2,(H,19,20);2-6H,1H3;1-4H,5,9H2,(H,10,11);1H4/i;;;1D. The lowest BCUT2D eigenvalue weighted by atomic mass is 10.1. The third-order valence-corrected chi connectivity index (χ3v) is 6.30. The van der Waals surface area contributed by atoms with Gasteiger partial charge in [-0.3, -0.25) is 0 Å². The fourth-order valence-electron chi connectivity index (χ4n) is 4.24. The highest BCUT2D eigenvalue weighted by Crippen LogP contribution is 2.18. The summed E-state index contributed by atoms with van der Waals surface area (Å²) in [6, 6.07) is 26.5. The predicted molar refractivity (Wildman–Crippen MR) is 181 cm³/mol. The molecule has 0 unspecified atom stereocenters. The lowest BCUT2D eigenvalue weighted by Gasteiger charge is -2.08. The van der Waals surface area contributed by atoms with Gasteiger partial charge in [-0.2, -0.15) is 10.5 Å². The fourth-order valence-corrected chi connectivity index (χ4v) is 4.24. The number of rotatable bonds is 6. The van der Waals surface area contributed by atoms with Crippen LogP contribution in [0.3, 0.4) is 0 Å². The summed E-state index contributed by atoms with van der Waals surface area (Å²) in [5.74, 6) is 2.13. The van der Waals surface area contributed by atoms with Crippen molar-refractivity contribution in [2.24, 2.45) is 15.7 Å². The zero-order valence-corrected chi connectivity index (χ0v) is 25.6. The molecular formula is C35H35N9O2. The first kappa shape index (κ1) is 32.6. The zero-order valence-electron chi connectivity index (χ0n) is 26.6. The monoisotopic (exact) mass is 614 g/mol. The maximum absolute atomic E-state index is 8.82. The van der Waals surface area contributed by atoms with Gasteiger partial charge in [0, 0.05) is 56.8 Å². The van der Waals surface area contributed by atoms with Crippen molar-refractivity contribution in [3.05, 3.63) is 121 Å². The number of nitriles is 2. The van der Waals surface area contributed by atoms with E-state index < -0.39 is 0 Å². The van der Waals surface area contributed by atoms with E-state index in [0.29, 0.717) is 36.3 Å². The first-order valence-electron chi connectivity index (χ1n) is 15.0. The molecular weight excluding hydrogens is 578 g/mol. The van der Waals surface area contributed by atoms with Gasteiger partial charge in [-0.1, -0.05) is 43.8 Å². The molecule has 0 amide bonds. The van der Waals surface area contributed by atoms with Crippen LogP contribution < -0.4 is 15.2 Å². The number of nitrogens with zero attached hydrogens (tertiary/aromatic N) is 6. The molecule has 11 nitrogen and oxygen atoms in total. The maximum atomic E-state index is 8.82. The molecule has 4 heterocycles. The van der Waals surface area contributed by atoms with Gasteiger partial charge in [0.15, 0.2) is 0 Å². The Morgan fingerprint density at radius 2 is 1.30 bits per heavy atom. The minimum Gasteiger partial charge on any atom is -0.443 e. The van der Waals surface area contributed by atoms with Gasteiger partial charge in [0.05, 0.1) is 0 Å². The number of aliphatic imine (C=N–C) groups is 2. The van der Waals surface area contributed by atoms with Gasteiger partial charge in [-0.15, -0.1) is 9.98 Å². The number of nitrogens with one attached hydrogen (secondary N) is 2. The Labute approximate surface area is 269 Å². The van der Waals surface area contributed by atoms with Crippen molar-refractivity contribution in [2.75, 3.05) is 0 Å². The highest BCUT2D eigenvalue weighted by molar-refractivity contribution is 5.82. The molecule has 0 saturated heterocycles. The molecule has 0 aliphatic heterocycles. The Morgan fingerprint density at radius 3 is 1.85 bits per heavy atom. The van der Waals surface area contributed by atoms with Crippen molar-refractivity contribution >= 4 is 33.9 Å². The van der Waals surface area contributed by atoms with Crippen LogP contribution in [-0.4, -0.2) is 31.7 Å². The first-order valence-corrected chi connectivity index (χ1v) is 14.0. The molecule has 4 N–H and O–H groups in total. The molecule has 0 aliphatic carbocycles. The van der Waals surface area contributed by atoms with Crippen molar-refractivity contribution in [1.29, 1.82) is 10.5 Å². The van der Waals surface area contributed by atoms with Gasteiger partial charge in [-0.05, 0) is 66.1 Å². The van der Waals surface area contributed by atoms with Crippen molar-refractivity contribution in [3.63, 3.8) is 0 Å². The number of hydrogen-bond donors (Lipinski definition) is 3. The number of nitrogens with two attached hydrogens (primary N) is 1. The summed E-state index contributed by atoms with van der Waals surface area (Å²) in [6.07, 6.45) is 12.0. The minimum atomic E-state index is 0.351. The van der Waals surface area contributed by atoms with Crippen LogP contribution in [-0.2, 0) is 13.0 Å². The van der Waals surface area contributed by atoms with E-state index in [1.165, 1.54) is 7.40 Å². The largest absolute Gasteiger partial charge is 0.443 e. The number of para-hydroxylation sites is 2. The van der Waals surface area contributed by atoms with E-state index >= 15 is 0 Å². The van der Waals surface area contributed by atoms with Crippen LogP contribution >= 0.6 is 0 Å². The van der Waals surface area contributed by atoms with E-state index in [9.17, 15) is 0 Å². The summed E-state index contributed by atoms with van der Waals surface area (Å²) in [7, 11) is 1.25. The van der Waals surface area contributed by atoms with Crippen molar-refractivity contribution in [2.45, 2.75) is 33.7 Å². The second-order valence-corrected chi connectivity index (χ2v) is 9.29. The number of hydrogen-bond acceptors (Lipinski definition) is 9. The second-order valence-electron chi connectivity index (χ2n) is 9.29. The van der Waals surface area contributed by atoms with Crippen LogP contribution in [0.5, 0.6) is 11.5 Å². The average molecular weight is 615 g/mol.